The first-order valence-corrected chi connectivity index (χ1v) is 12.7. The monoisotopic (exact) mass is 550 g/mol. The van der Waals surface area contributed by atoms with E-state index in [2.05, 4.69) is 44.8 Å². The van der Waals surface area contributed by atoms with Crippen LogP contribution in [0.3, 0.4) is 0 Å². The van der Waals surface area contributed by atoms with E-state index in [1.165, 1.54) is 4.90 Å². The number of aryl methyl sites for hydroxylation is 1. The molecule has 0 atom stereocenters. The van der Waals surface area contributed by atoms with Crippen molar-refractivity contribution in [3.63, 3.8) is 0 Å². The summed E-state index contributed by atoms with van der Waals surface area (Å²) in [5.74, 6) is -0.297. The maximum atomic E-state index is 13.1. The highest BCUT2D eigenvalue weighted by Gasteiger charge is 2.35. The number of hydrogen-bond donors (Lipinski definition) is 0. The van der Waals surface area contributed by atoms with Crippen LogP contribution in [-0.2, 0) is 11.3 Å². The van der Waals surface area contributed by atoms with Gasteiger partial charge in [-0.05, 0) is 72.5 Å². The molecule has 0 N–H and O–H groups in total. The molecule has 5 rings (SSSR count). The summed E-state index contributed by atoms with van der Waals surface area (Å²) in [6.07, 6.45) is 1.82. The first kappa shape index (κ1) is 23.0. The van der Waals surface area contributed by atoms with Crippen LogP contribution in [0.2, 0.25) is 5.02 Å². The molecule has 0 radical (unpaired) electrons. The molecule has 1 saturated heterocycles. The van der Waals surface area contributed by atoms with Crippen molar-refractivity contribution < 1.29 is 9.59 Å². The minimum atomic E-state index is -0.297. The third-order valence-corrected chi connectivity index (χ3v) is 7.97. The van der Waals surface area contributed by atoms with E-state index >= 15 is 0 Å². The van der Waals surface area contributed by atoms with E-state index in [1.54, 1.807) is 6.07 Å². The second-order valence-corrected chi connectivity index (χ2v) is 10.4. The van der Waals surface area contributed by atoms with Crippen molar-refractivity contribution in [2.24, 2.45) is 0 Å². The third kappa shape index (κ3) is 4.00. The van der Waals surface area contributed by atoms with Gasteiger partial charge < -0.3 is 4.57 Å². The van der Waals surface area contributed by atoms with Crippen LogP contribution in [0.1, 0.15) is 22.5 Å². The van der Waals surface area contributed by atoms with E-state index in [1.807, 2.05) is 56.3 Å². The highest BCUT2D eigenvalue weighted by atomic mass is 79.9. The van der Waals surface area contributed by atoms with Crippen LogP contribution in [0.4, 0.5) is 4.79 Å². The molecule has 2 amide bonds. The number of halogens is 2. The molecule has 4 aromatic rings. The van der Waals surface area contributed by atoms with E-state index in [-0.39, 0.29) is 17.7 Å². The molecule has 170 valence electrons. The summed E-state index contributed by atoms with van der Waals surface area (Å²) < 4.78 is 3.23. The fraction of sp³-hybridized carbons (Fsp3) is 0.111. The number of carbonyl (C=O) groups excluding carboxylic acids is 2. The number of aromatic nitrogens is 1. The molecular formula is C27H20BrClN2O2S. The van der Waals surface area contributed by atoms with Crippen LogP contribution in [0.15, 0.2) is 76.1 Å². The Bertz CT molecular complexity index is 1510. The van der Waals surface area contributed by atoms with Gasteiger partial charge in [-0.3, -0.25) is 14.5 Å². The lowest BCUT2D eigenvalue weighted by Crippen LogP contribution is -2.27. The lowest BCUT2D eigenvalue weighted by molar-refractivity contribution is -0.123. The molecule has 0 spiro atoms. The van der Waals surface area contributed by atoms with Gasteiger partial charge in [0.25, 0.3) is 11.1 Å². The lowest BCUT2D eigenvalue weighted by Gasteiger charge is -2.14. The molecule has 0 aliphatic carbocycles. The van der Waals surface area contributed by atoms with E-state index in [4.69, 9.17) is 11.6 Å². The number of fused-ring (bicyclic) bond motifs is 1. The molecule has 0 unspecified atom stereocenters. The molecule has 1 fully saturated rings. The van der Waals surface area contributed by atoms with E-state index in [0.29, 0.717) is 9.93 Å². The third-order valence-electron chi connectivity index (χ3n) is 6.01. The van der Waals surface area contributed by atoms with Crippen LogP contribution in [0.25, 0.3) is 22.5 Å². The van der Waals surface area contributed by atoms with E-state index in [9.17, 15) is 9.59 Å². The molecule has 0 bridgehead atoms. The summed E-state index contributed by atoms with van der Waals surface area (Å²) in [4.78, 5) is 27.4. The van der Waals surface area contributed by atoms with Crippen molar-refractivity contribution in [2.45, 2.75) is 20.4 Å². The van der Waals surface area contributed by atoms with Crippen LogP contribution >= 0.6 is 39.3 Å². The predicted octanol–water partition coefficient (Wildman–Crippen LogP) is 7.90. The minimum Gasteiger partial charge on any atom is -0.317 e. The Balaban J connectivity index is 1.51. The first-order chi connectivity index (χ1) is 16.3. The molecule has 0 saturated carbocycles. The molecule has 1 aromatic heterocycles. The van der Waals surface area contributed by atoms with Gasteiger partial charge in [-0.15, -0.1) is 0 Å². The zero-order valence-corrected chi connectivity index (χ0v) is 21.7. The molecule has 7 heteroatoms. The highest BCUT2D eigenvalue weighted by Crippen LogP contribution is 2.36. The Kier molecular flexibility index (Phi) is 6.15. The summed E-state index contributed by atoms with van der Waals surface area (Å²) in [6.45, 7) is 4.24. The zero-order chi connectivity index (χ0) is 24.0. The fourth-order valence-corrected chi connectivity index (χ4v) is 5.82. The molecule has 4 nitrogen and oxygen atoms in total. The summed E-state index contributed by atoms with van der Waals surface area (Å²) in [5.41, 5.74) is 4.77. The predicted molar refractivity (Wildman–Crippen MR) is 143 cm³/mol. The number of rotatable bonds is 4. The average molecular weight is 552 g/mol. The van der Waals surface area contributed by atoms with Crippen molar-refractivity contribution in [1.29, 1.82) is 0 Å². The van der Waals surface area contributed by atoms with E-state index < -0.39 is 0 Å². The molecule has 2 heterocycles. The molecule has 1 aliphatic heterocycles. The summed E-state index contributed by atoms with van der Waals surface area (Å²) in [7, 11) is 0. The number of amides is 2. The number of hydrogen-bond acceptors (Lipinski definition) is 3. The topological polar surface area (TPSA) is 42.3 Å². The van der Waals surface area contributed by atoms with Crippen LogP contribution in [0.5, 0.6) is 0 Å². The van der Waals surface area contributed by atoms with Crippen LogP contribution < -0.4 is 0 Å². The van der Waals surface area contributed by atoms with Gasteiger partial charge in [0.05, 0.1) is 17.1 Å². The number of nitrogens with zero attached hydrogens (tertiary/aromatic N) is 2. The molecule has 3 aromatic carbocycles. The summed E-state index contributed by atoms with van der Waals surface area (Å²) in [6, 6.07) is 21.7. The second-order valence-electron chi connectivity index (χ2n) is 8.13. The Morgan fingerprint density at radius 1 is 0.971 bits per heavy atom. The molecule has 1 aliphatic rings. The van der Waals surface area contributed by atoms with Crippen molar-refractivity contribution in [1.82, 2.24) is 9.47 Å². The van der Waals surface area contributed by atoms with Gasteiger partial charge in [0, 0.05) is 26.3 Å². The SMILES string of the molecule is Cc1cc(/C=C2\SC(=O)N(Cc3ccccc3Cl)C2=O)c(C)n1-c1ccc(Br)c2ccccc12. The number of carbonyl (C=O) groups is 2. The average Bonchev–Trinajstić information content (AvgIpc) is 3.25. The van der Waals surface area contributed by atoms with Crippen LogP contribution in [-0.4, -0.2) is 20.6 Å². The molecule has 34 heavy (non-hydrogen) atoms. The largest absolute Gasteiger partial charge is 0.317 e. The number of thioether (sulfide) groups is 1. The van der Waals surface area contributed by atoms with Crippen molar-refractivity contribution in [3.8, 4) is 5.69 Å². The zero-order valence-electron chi connectivity index (χ0n) is 18.5. The van der Waals surface area contributed by atoms with Gasteiger partial charge in [0.2, 0.25) is 0 Å². The standard InChI is InChI=1S/C27H20BrClN2O2S/c1-16-13-19(17(2)31(16)24-12-11-22(28)20-8-4-5-9-21(20)24)14-25-26(32)30(27(33)34-25)15-18-7-3-6-10-23(18)29/h3-14H,15H2,1-2H3/b25-14-. The van der Waals surface area contributed by atoms with Crippen LogP contribution in [0, 0.1) is 13.8 Å². The first-order valence-electron chi connectivity index (χ1n) is 10.7. The lowest BCUT2D eigenvalue weighted by atomic mass is 10.1. The minimum absolute atomic E-state index is 0.158. The summed E-state index contributed by atoms with van der Waals surface area (Å²) in [5, 5.41) is 2.51. The maximum absolute atomic E-state index is 13.1. The normalized spacial score (nSPS) is 15.2. The highest BCUT2D eigenvalue weighted by molar-refractivity contribution is 9.10. The fourth-order valence-electron chi connectivity index (χ4n) is 4.32. The Hall–Kier alpha value is -2.80. The second kappa shape index (κ2) is 9.10. The van der Waals surface area contributed by atoms with Crippen molar-refractivity contribution >= 4 is 67.3 Å². The van der Waals surface area contributed by atoms with Gasteiger partial charge in [-0.1, -0.05) is 70.0 Å². The van der Waals surface area contributed by atoms with Gasteiger partial charge in [0.15, 0.2) is 0 Å². The Morgan fingerprint density at radius 2 is 1.68 bits per heavy atom. The van der Waals surface area contributed by atoms with Gasteiger partial charge in [0.1, 0.15) is 0 Å². The smallest absolute Gasteiger partial charge is 0.293 e. The van der Waals surface area contributed by atoms with Gasteiger partial charge in [-0.2, -0.15) is 0 Å². The quantitative estimate of drug-likeness (QED) is 0.242. The Morgan fingerprint density at radius 3 is 2.44 bits per heavy atom. The Labute approximate surface area is 215 Å². The van der Waals surface area contributed by atoms with Gasteiger partial charge in [-0.25, -0.2) is 0 Å². The maximum Gasteiger partial charge on any atom is 0.293 e. The number of imide groups is 1. The summed E-state index contributed by atoms with van der Waals surface area (Å²) >= 11 is 10.9. The van der Waals surface area contributed by atoms with Crippen molar-refractivity contribution in [3.05, 3.63) is 104 Å². The molecular weight excluding hydrogens is 532 g/mol. The van der Waals surface area contributed by atoms with Crippen molar-refractivity contribution in [2.75, 3.05) is 0 Å². The number of benzene rings is 3. The van der Waals surface area contributed by atoms with E-state index in [0.717, 1.165) is 55.2 Å². The van der Waals surface area contributed by atoms with Gasteiger partial charge >= 0.3 is 0 Å².